The molecule has 2 aliphatic heterocycles. The van der Waals surface area contributed by atoms with E-state index in [4.69, 9.17) is 46.9 Å². The number of hydrogen-bond acceptors (Lipinski definition) is 7. The molecule has 2 aliphatic rings. The molecule has 0 radical (unpaired) electrons. The number of aryl methyl sites for hydroxylation is 2. The first kappa shape index (κ1) is 42.6. The Bertz CT molecular complexity index is 2440. The van der Waals surface area contributed by atoms with Crippen LogP contribution in [0.4, 0.5) is 0 Å². The number of benzene rings is 4. The molecule has 0 spiro atoms. The van der Waals surface area contributed by atoms with E-state index in [0.717, 1.165) is 96.0 Å². The number of carboxylic acid groups (broad SMARTS) is 1. The van der Waals surface area contributed by atoms with E-state index in [0.29, 0.717) is 47.3 Å². The van der Waals surface area contributed by atoms with Gasteiger partial charge in [0.25, 0.3) is 0 Å². The molecule has 0 saturated carbocycles. The van der Waals surface area contributed by atoms with E-state index >= 15 is 0 Å². The average Bonchev–Trinajstić information content (AvgIpc) is 4.09. The molecule has 4 aromatic carbocycles. The molecule has 6 aromatic rings. The lowest BCUT2D eigenvalue weighted by atomic mass is 10.1. The molecule has 2 fully saturated rings. The Labute approximate surface area is 360 Å². The zero-order valence-electron chi connectivity index (χ0n) is 33.9. The second kappa shape index (κ2) is 19.7. The Hall–Kier alpha value is -5.52. The number of nitrogens with zero attached hydrogens (tertiary/aromatic N) is 2. The molecule has 312 valence electrons. The second-order valence-electron chi connectivity index (χ2n) is 14.9. The lowest BCUT2D eigenvalue weighted by molar-refractivity contribution is 0.0525. The van der Waals surface area contributed by atoms with Gasteiger partial charge >= 0.3 is 11.9 Å². The predicted octanol–water partition coefficient (Wildman–Crippen LogP) is 10.9. The molecule has 10 nitrogen and oxygen atoms in total. The highest BCUT2D eigenvalue weighted by Crippen LogP contribution is 2.38. The van der Waals surface area contributed by atoms with Gasteiger partial charge in [0, 0.05) is 69.0 Å². The van der Waals surface area contributed by atoms with E-state index in [1.807, 2.05) is 103 Å². The minimum atomic E-state index is -0.955. The molecule has 60 heavy (non-hydrogen) atoms. The highest BCUT2D eigenvalue weighted by molar-refractivity contribution is 6.31. The van der Waals surface area contributed by atoms with Crippen molar-refractivity contribution >= 4 is 35.1 Å². The van der Waals surface area contributed by atoms with Gasteiger partial charge in [-0.05, 0) is 131 Å². The minimum absolute atomic E-state index is 0.241. The van der Waals surface area contributed by atoms with Crippen molar-refractivity contribution in [1.82, 2.24) is 9.13 Å². The van der Waals surface area contributed by atoms with Crippen molar-refractivity contribution in [3.63, 3.8) is 0 Å². The lowest BCUT2D eigenvalue weighted by Crippen LogP contribution is -2.12. The molecule has 2 unspecified atom stereocenters. The molecule has 0 amide bonds. The summed E-state index contributed by atoms with van der Waals surface area (Å²) in [6, 6.07) is 33.7. The van der Waals surface area contributed by atoms with E-state index < -0.39 is 5.97 Å². The number of esters is 1. The molecule has 8 rings (SSSR count). The molecule has 2 aromatic heterocycles. The number of aromatic carboxylic acids is 1. The van der Waals surface area contributed by atoms with Crippen molar-refractivity contribution in [3.8, 4) is 45.4 Å². The van der Waals surface area contributed by atoms with Gasteiger partial charge in [0.15, 0.2) is 0 Å². The highest BCUT2D eigenvalue weighted by Gasteiger charge is 2.22. The summed E-state index contributed by atoms with van der Waals surface area (Å²) in [5, 5.41) is 10.6. The Morgan fingerprint density at radius 2 is 1.15 bits per heavy atom. The number of aromatic nitrogens is 2. The standard InChI is InChI=1S/C25H26ClNO4.C23H22ClNO4/c1-3-30-25(28)19-5-4-6-21(13-19)27-17(2)7-9-23(27)22-14-20(26)8-10-24(22)31-16-18-11-12-29-15-18;1-15-5-7-21(25(15)19-4-2-3-17(11-19)23(26)27)20-12-18(24)6-8-22(20)29-14-16-9-10-28-13-16/h4-10,13-14,18H,3,11-12,15-16H2,1-2H3;2-8,11-12,16H,9-10,13-14H2,1H3,(H,26,27). The maximum atomic E-state index is 12.2. The topological polar surface area (TPSA) is 110 Å². The number of carboxylic acids is 1. The van der Waals surface area contributed by atoms with Gasteiger partial charge in [0.05, 0.1) is 55.5 Å². The van der Waals surface area contributed by atoms with Gasteiger partial charge < -0.3 is 37.9 Å². The first-order valence-corrected chi connectivity index (χ1v) is 20.8. The van der Waals surface area contributed by atoms with Crippen LogP contribution >= 0.6 is 23.2 Å². The number of hydrogen-bond donors (Lipinski definition) is 1. The molecule has 2 atom stereocenters. The second-order valence-corrected chi connectivity index (χ2v) is 15.8. The molecule has 2 saturated heterocycles. The summed E-state index contributed by atoms with van der Waals surface area (Å²) in [5.41, 5.74) is 8.03. The Balaban J connectivity index is 0.000000182. The number of carbonyl (C=O) groups excluding carboxylic acids is 1. The maximum Gasteiger partial charge on any atom is 0.338 e. The normalized spacial score (nSPS) is 15.9. The summed E-state index contributed by atoms with van der Waals surface area (Å²) in [6.45, 7) is 10.4. The zero-order chi connectivity index (χ0) is 42.2. The van der Waals surface area contributed by atoms with Gasteiger partial charge in [0.1, 0.15) is 11.5 Å². The van der Waals surface area contributed by atoms with Crippen molar-refractivity contribution in [1.29, 1.82) is 0 Å². The first-order valence-electron chi connectivity index (χ1n) is 20.1. The minimum Gasteiger partial charge on any atom is -0.493 e. The fourth-order valence-corrected chi connectivity index (χ4v) is 7.79. The van der Waals surface area contributed by atoms with Crippen molar-refractivity contribution in [3.05, 3.63) is 142 Å². The highest BCUT2D eigenvalue weighted by atomic mass is 35.5. The summed E-state index contributed by atoms with van der Waals surface area (Å²) in [6.07, 6.45) is 2.01. The number of carbonyl (C=O) groups is 2. The van der Waals surface area contributed by atoms with Crippen LogP contribution < -0.4 is 9.47 Å². The summed E-state index contributed by atoms with van der Waals surface area (Å²) >= 11 is 12.7. The van der Waals surface area contributed by atoms with Gasteiger partial charge in [-0.3, -0.25) is 0 Å². The van der Waals surface area contributed by atoms with Gasteiger partial charge in [-0.25, -0.2) is 9.59 Å². The van der Waals surface area contributed by atoms with E-state index in [2.05, 4.69) is 4.57 Å². The first-order chi connectivity index (χ1) is 29.1. The van der Waals surface area contributed by atoms with Crippen LogP contribution in [0, 0.1) is 25.7 Å². The third-order valence-corrected chi connectivity index (χ3v) is 11.0. The molecule has 0 bridgehead atoms. The smallest absolute Gasteiger partial charge is 0.338 e. The van der Waals surface area contributed by atoms with Gasteiger partial charge in [-0.2, -0.15) is 0 Å². The van der Waals surface area contributed by atoms with Crippen LogP contribution in [0.5, 0.6) is 11.5 Å². The molecule has 1 N–H and O–H groups in total. The molecular formula is C48H48Cl2N2O8. The van der Waals surface area contributed by atoms with E-state index in [-0.39, 0.29) is 11.5 Å². The Morgan fingerprint density at radius 3 is 1.60 bits per heavy atom. The average molecular weight is 852 g/mol. The third-order valence-electron chi connectivity index (χ3n) is 10.6. The Morgan fingerprint density at radius 1 is 0.667 bits per heavy atom. The quantitative estimate of drug-likeness (QED) is 0.114. The van der Waals surface area contributed by atoms with Crippen LogP contribution in [-0.2, 0) is 14.2 Å². The van der Waals surface area contributed by atoms with E-state index in [1.165, 1.54) is 0 Å². The van der Waals surface area contributed by atoms with Crippen molar-refractivity contribution in [2.24, 2.45) is 11.8 Å². The van der Waals surface area contributed by atoms with Gasteiger partial charge in [0.2, 0.25) is 0 Å². The lowest BCUT2D eigenvalue weighted by Gasteiger charge is -2.17. The molecule has 0 aliphatic carbocycles. The van der Waals surface area contributed by atoms with Crippen LogP contribution in [0.3, 0.4) is 0 Å². The van der Waals surface area contributed by atoms with Crippen LogP contribution in [0.2, 0.25) is 10.0 Å². The summed E-state index contributed by atoms with van der Waals surface area (Å²) in [7, 11) is 0. The number of halogens is 2. The van der Waals surface area contributed by atoms with E-state index in [1.54, 1.807) is 31.2 Å². The third kappa shape index (κ3) is 10.1. The maximum absolute atomic E-state index is 12.2. The van der Waals surface area contributed by atoms with Gasteiger partial charge in [-0.1, -0.05) is 35.3 Å². The van der Waals surface area contributed by atoms with Gasteiger partial charge in [-0.15, -0.1) is 0 Å². The molecule has 12 heteroatoms. The summed E-state index contributed by atoms with van der Waals surface area (Å²) in [5.74, 6) is 1.02. The number of rotatable bonds is 13. The largest absolute Gasteiger partial charge is 0.493 e. The Kier molecular flexibility index (Phi) is 14.0. The van der Waals surface area contributed by atoms with Crippen LogP contribution in [0.1, 0.15) is 51.9 Å². The summed E-state index contributed by atoms with van der Waals surface area (Å²) < 4.78 is 32.5. The van der Waals surface area contributed by atoms with E-state index in [9.17, 15) is 14.7 Å². The monoisotopic (exact) mass is 850 g/mol. The molecular weight excluding hydrogens is 803 g/mol. The van der Waals surface area contributed by atoms with Crippen molar-refractivity contribution < 1.29 is 38.4 Å². The van der Waals surface area contributed by atoms with Crippen LogP contribution in [0.15, 0.2) is 109 Å². The fourth-order valence-electron chi connectivity index (χ4n) is 7.45. The zero-order valence-corrected chi connectivity index (χ0v) is 35.4. The molecule has 4 heterocycles. The predicted molar refractivity (Wildman–Crippen MR) is 234 cm³/mol. The van der Waals surface area contributed by atoms with Crippen molar-refractivity contribution in [2.45, 2.75) is 33.6 Å². The van der Waals surface area contributed by atoms with Crippen LogP contribution in [-0.4, -0.2) is 72.4 Å². The number of ether oxygens (including phenoxy) is 5. The van der Waals surface area contributed by atoms with Crippen LogP contribution in [0.25, 0.3) is 33.9 Å². The van der Waals surface area contributed by atoms with Crippen molar-refractivity contribution in [2.75, 3.05) is 46.2 Å². The SMILES string of the molecule is CCOC(=O)c1cccc(-n2c(C)ccc2-c2cc(Cl)ccc2OCC2CCOC2)c1.Cc1ccc(-c2cc(Cl)ccc2OCC2CCOC2)n1-c1cccc(C(=O)O)c1. The fraction of sp³-hybridized carbons (Fsp3) is 0.292. The summed E-state index contributed by atoms with van der Waals surface area (Å²) in [4.78, 5) is 23.7.